The molecule has 2 aromatic rings. The summed E-state index contributed by atoms with van der Waals surface area (Å²) in [5, 5.41) is 2.36. The van der Waals surface area contributed by atoms with Crippen LogP contribution in [0.5, 0.6) is 0 Å². The van der Waals surface area contributed by atoms with Crippen molar-refractivity contribution in [3.63, 3.8) is 0 Å². The van der Waals surface area contributed by atoms with Crippen molar-refractivity contribution in [1.82, 2.24) is 4.98 Å². The van der Waals surface area contributed by atoms with Gasteiger partial charge in [0.1, 0.15) is 5.69 Å². The third-order valence-electron chi connectivity index (χ3n) is 3.89. The molecule has 0 saturated heterocycles. The molecule has 8 heteroatoms. The molecule has 5 nitrogen and oxygen atoms in total. The first-order chi connectivity index (χ1) is 12.3. The molecule has 0 spiro atoms. The molecule has 1 aromatic heterocycles. The van der Waals surface area contributed by atoms with E-state index in [0.717, 1.165) is 6.42 Å². The number of unbranched alkanes of at least 4 members (excludes halogenated alkanes) is 1. The van der Waals surface area contributed by atoms with Crippen LogP contribution < -0.4 is 11.1 Å². The number of hydrogen-bond donors (Lipinski definition) is 2. The van der Waals surface area contributed by atoms with E-state index in [0.29, 0.717) is 12.0 Å². The molecule has 0 radical (unpaired) electrons. The molecule has 0 amide bonds. The molecule has 2 rings (SSSR count). The third kappa shape index (κ3) is 3.72. The zero-order valence-electron chi connectivity index (χ0n) is 14.8. The molecular weight excluding hydrogens is 364 g/mol. The van der Waals surface area contributed by atoms with Crippen LogP contribution in [0.3, 0.4) is 0 Å². The smallest absolute Gasteiger partial charge is 0.358 e. The zero-order chi connectivity index (χ0) is 19.4. The van der Waals surface area contributed by atoms with Crippen LogP contribution in [0.2, 0.25) is 5.02 Å². The van der Waals surface area contributed by atoms with Gasteiger partial charge in [-0.1, -0.05) is 31.0 Å². The highest BCUT2D eigenvalue weighted by atomic mass is 35.5. The Hall–Kier alpha value is -2.41. The van der Waals surface area contributed by atoms with Crippen LogP contribution in [-0.2, 0) is 4.74 Å². The molecule has 3 N–H and O–H groups in total. The summed E-state index contributed by atoms with van der Waals surface area (Å²) in [6, 6.07) is 2.98. The van der Waals surface area contributed by atoms with Gasteiger partial charge in [0, 0.05) is 12.6 Å². The lowest BCUT2D eigenvalue weighted by atomic mass is 10.0. The molecule has 26 heavy (non-hydrogen) atoms. The lowest BCUT2D eigenvalue weighted by Gasteiger charge is -2.14. The number of rotatable bonds is 6. The minimum atomic E-state index is -0.995. The zero-order valence-corrected chi connectivity index (χ0v) is 15.5. The van der Waals surface area contributed by atoms with E-state index in [1.54, 1.807) is 20.0 Å². The fourth-order valence-corrected chi connectivity index (χ4v) is 2.62. The molecule has 0 aliphatic heterocycles. The molecule has 0 fully saturated rings. The molecule has 0 saturated carbocycles. The number of nitrogens with two attached hydrogens (primary N) is 1. The van der Waals surface area contributed by atoms with Gasteiger partial charge in [-0.25, -0.2) is 18.6 Å². The summed E-state index contributed by atoms with van der Waals surface area (Å²) in [4.78, 5) is 16.1. The van der Waals surface area contributed by atoms with Gasteiger partial charge in [-0.3, -0.25) is 0 Å². The molecule has 0 bridgehead atoms. The van der Waals surface area contributed by atoms with Crippen molar-refractivity contribution in [3.05, 3.63) is 40.0 Å². The third-order valence-corrected chi connectivity index (χ3v) is 4.27. The van der Waals surface area contributed by atoms with Gasteiger partial charge in [-0.05, 0) is 25.0 Å². The first kappa shape index (κ1) is 19.9. The first-order valence-corrected chi connectivity index (χ1v) is 8.50. The number of nitrogen functional groups attached to an aromatic ring is 1. The van der Waals surface area contributed by atoms with E-state index in [-0.39, 0.29) is 28.6 Å². The van der Waals surface area contributed by atoms with E-state index >= 15 is 0 Å². The summed E-state index contributed by atoms with van der Waals surface area (Å²) >= 11 is 5.95. The minimum absolute atomic E-state index is 0.136. The summed E-state index contributed by atoms with van der Waals surface area (Å²) < 4.78 is 34.4. The highest BCUT2D eigenvalue weighted by Crippen LogP contribution is 2.36. The van der Waals surface area contributed by atoms with Crippen LogP contribution in [0.1, 0.15) is 35.8 Å². The number of carbonyl (C=O) groups excluding carboxylic acids is 1. The number of carbonyl (C=O) groups is 1. The molecule has 0 atom stereocenters. The lowest BCUT2D eigenvalue weighted by molar-refractivity contribution is 0.0493. The number of benzene rings is 1. The maximum absolute atomic E-state index is 14.8. The number of aryl methyl sites for hydroxylation is 1. The summed E-state index contributed by atoms with van der Waals surface area (Å²) in [5.74, 6) is -2.53. The van der Waals surface area contributed by atoms with Crippen LogP contribution in [0.25, 0.3) is 11.3 Å². The first-order valence-electron chi connectivity index (χ1n) is 8.12. The van der Waals surface area contributed by atoms with E-state index in [9.17, 15) is 13.6 Å². The maximum atomic E-state index is 14.8. The Kier molecular flexibility index (Phi) is 6.37. The van der Waals surface area contributed by atoms with Crippen LogP contribution in [-0.4, -0.2) is 24.6 Å². The van der Waals surface area contributed by atoms with Crippen molar-refractivity contribution in [2.75, 3.05) is 24.7 Å². The molecule has 140 valence electrons. The lowest BCUT2D eigenvalue weighted by Crippen LogP contribution is -2.13. The van der Waals surface area contributed by atoms with Crippen molar-refractivity contribution in [2.45, 2.75) is 26.7 Å². The van der Waals surface area contributed by atoms with E-state index in [2.05, 4.69) is 10.3 Å². The summed E-state index contributed by atoms with van der Waals surface area (Å²) in [6.07, 6.45) is 1.48. The minimum Gasteiger partial charge on any atom is -0.461 e. The average Bonchev–Trinajstić information content (AvgIpc) is 2.61. The predicted octanol–water partition coefficient (Wildman–Crippen LogP) is 4.57. The van der Waals surface area contributed by atoms with E-state index in [1.165, 1.54) is 6.07 Å². The number of ether oxygens (including phenoxy) is 1. The quantitative estimate of drug-likeness (QED) is 0.564. The topological polar surface area (TPSA) is 77.2 Å². The average molecular weight is 384 g/mol. The molecule has 0 aliphatic carbocycles. The molecular formula is C18H20ClF2N3O2. The van der Waals surface area contributed by atoms with Gasteiger partial charge in [-0.15, -0.1) is 0 Å². The van der Waals surface area contributed by atoms with E-state index < -0.39 is 29.0 Å². The van der Waals surface area contributed by atoms with Crippen molar-refractivity contribution < 1.29 is 18.3 Å². The predicted molar refractivity (Wildman–Crippen MR) is 98.5 cm³/mol. The highest BCUT2D eigenvalue weighted by molar-refractivity contribution is 6.35. The van der Waals surface area contributed by atoms with Gasteiger partial charge in [0.2, 0.25) is 0 Å². The van der Waals surface area contributed by atoms with Gasteiger partial charge >= 0.3 is 5.97 Å². The van der Waals surface area contributed by atoms with Crippen LogP contribution in [0.15, 0.2) is 12.1 Å². The van der Waals surface area contributed by atoms with Crippen molar-refractivity contribution in [1.29, 1.82) is 0 Å². The maximum Gasteiger partial charge on any atom is 0.358 e. The van der Waals surface area contributed by atoms with Crippen LogP contribution in [0.4, 0.5) is 20.2 Å². The second-order valence-electron chi connectivity index (χ2n) is 5.71. The number of hydrogen-bond acceptors (Lipinski definition) is 5. The van der Waals surface area contributed by atoms with Gasteiger partial charge in [0.15, 0.2) is 17.3 Å². The van der Waals surface area contributed by atoms with Gasteiger partial charge in [0.25, 0.3) is 0 Å². The summed E-state index contributed by atoms with van der Waals surface area (Å²) in [6.45, 7) is 3.81. The van der Waals surface area contributed by atoms with Gasteiger partial charge < -0.3 is 15.8 Å². The van der Waals surface area contributed by atoms with E-state index in [4.69, 9.17) is 22.1 Å². The second-order valence-corrected chi connectivity index (χ2v) is 6.09. The number of nitrogens with one attached hydrogen (secondary N) is 1. The summed E-state index contributed by atoms with van der Waals surface area (Å²) in [5.41, 5.74) is 5.14. The number of halogens is 3. The van der Waals surface area contributed by atoms with Gasteiger partial charge in [0.05, 0.1) is 23.0 Å². The number of esters is 1. The second kappa shape index (κ2) is 8.31. The monoisotopic (exact) mass is 383 g/mol. The number of anilines is 2. The Morgan fingerprint density at radius 2 is 2.04 bits per heavy atom. The molecule has 0 unspecified atom stereocenters. The molecule has 1 aromatic carbocycles. The number of nitrogens with zero attached hydrogens (tertiary/aromatic N) is 1. The van der Waals surface area contributed by atoms with Crippen LogP contribution >= 0.6 is 11.6 Å². The SMILES string of the molecule is CCCCOC(=O)c1nc(-c2ccc(C)c(NC)c2F)c(F)c(N)c1Cl. The van der Waals surface area contributed by atoms with Crippen LogP contribution in [0, 0.1) is 18.6 Å². The van der Waals surface area contributed by atoms with Crippen molar-refractivity contribution >= 4 is 28.9 Å². The summed E-state index contributed by atoms with van der Waals surface area (Å²) in [7, 11) is 1.55. The molecule has 1 heterocycles. The Morgan fingerprint density at radius 3 is 2.65 bits per heavy atom. The standard InChI is InChI=1S/C18H20ClF2N3O2/c1-4-5-8-26-18(25)17-11(19)14(22)13(21)16(24-17)10-7-6-9(2)15(23-3)12(10)20/h6-7,23H,4-5,8H2,1-3H3,(H2,22,24). The fraction of sp³-hybridized carbons (Fsp3) is 0.333. The van der Waals surface area contributed by atoms with Gasteiger partial charge in [-0.2, -0.15) is 0 Å². The number of pyridine rings is 1. The Balaban J connectivity index is 2.59. The Bertz CT molecular complexity index is 844. The Labute approximate surface area is 155 Å². The van der Waals surface area contributed by atoms with E-state index in [1.807, 2.05) is 6.92 Å². The Morgan fingerprint density at radius 1 is 1.35 bits per heavy atom. The van der Waals surface area contributed by atoms with Crippen molar-refractivity contribution in [2.24, 2.45) is 0 Å². The highest BCUT2D eigenvalue weighted by Gasteiger charge is 2.25. The largest absolute Gasteiger partial charge is 0.461 e. The number of aromatic nitrogens is 1. The molecule has 0 aliphatic rings. The van der Waals surface area contributed by atoms with Crippen molar-refractivity contribution in [3.8, 4) is 11.3 Å². The fourth-order valence-electron chi connectivity index (χ4n) is 2.42. The normalized spacial score (nSPS) is 10.7.